The quantitative estimate of drug-likeness (QED) is 0.608. The molecule has 6 nitrogen and oxygen atoms in total. The van der Waals surface area contributed by atoms with E-state index >= 15 is 0 Å². The summed E-state index contributed by atoms with van der Waals surface area (Å²) in [6.07, 6.45) is 0. The average molecular weight is 239 g/mol. The van der Waals surface area contributed by atoms with Gasteiger partial charge in [-0.2, -0.15) is 0 Å². The number of nitro groups is 1. The molecule has 0 saturated carbocycles. The first-order valence-electron chi connectivity index (χ1n) is 5.04. The van der Waals surface area contributed by atoms with Crippen LogP contribution in [-0.4, -0.2) is 30.5 Å². The Labute approximate surface area is 96.2 Å². The summed E-state index contributed by atoms with van der Waals surface area (Å²) in [6, 6.07) is 3.09. The largest absolute Gasteiger partial charge is 0.307 e. The van der Waals surface area contributed by atoms with E-state index in [9.17, 15) is 19.3 Å². The molecule has 1 aromatic carbocycles. The topological polar surface area (TPSA) is 75.5 Å². The third-order valence-corrected chi connectivity index (χ3v) is 2.51. The van der Waals surface area contributed by atoms with Crippen LogP contribution in [-0.2, 0) is 4.79 Å². The zero-order valence-corrected chi connectivity index (χ0v) is 8.85. The monoisotopic (exact) mass is 239 g/mol. The molecule has 1 N–H and O–H groups in total. The van der Waals surface area contributed by atoms with Crippen molar-refractivity contribution in [2.24, 2.45) is 0 Å². The average Bonchev–Trinajstić information content (AvgIpc) is 2.29. The van der Waals surface area contributed by atoms with Crippen molar-refractivity contribution in [2.45, 2.75) is 0 Å². The van der Waals surface area contributed by atoms with E-state index in [1.54, 1.807) is 0 Å². The van der Waals surface area contributed by atoms with Crippen LogP contribution in [0.25, 0.3) is 0 Å². The third-order valence-electron chi connectivity index (χ3n) is 2.51. The molecule has 0 aromatic heterocycles. The molecule has 0 bridgehead atoms. The number of nitro benzene ring substituents is 1. The number of piperazine rings is 1. The van der Waals surface area contributed by atoms with Crippen molar-refractivity contribution in [2.75, 3.05) is 24.5 Å². The Kier molecular flexibility index (Phi) is 3.01. The SMILES string of the molecule is O=C1CNCCN1c1cc(F)ccc1[N+](=O)[O-]. The van der Waals surface area contributed by atoms with Gasteiger partial charge in [-0.1, -0.05) is 0 Å². The van der Waals surface area contributed by atoms with Crippen LogP contribution >= 0.6 is 0 Å². The zero-order chi connectivity index (χ0) is 12.4. The van der Waals surface area contributed by atoms with Crippen LogP contribution in [0.5, 0.6) is 0 Å². The number of carbonyl (C=O) groups excluding carboxylic acids is 1. The summed E-state index contributed by atoms with van der Waals surface area (Å²) in [5.41, 5.74) is -0.247. The second-order valence-corrected chi connectivity index (χ2v) is 3.61. The lowest BCUT2D eigenvalue weighted by molar-refractivity contribution is -0.384. The van der Waals surface area contributed by atoms with Gasteiger partial charge in [-0.05, 0) is 6.07 Å². The highest BCUT2D eigenvalue weighted by atomic mass is 19.1. The fraction of sp³-hybridized carbons (Fsp3) is 0.300. The number of rotatable bonds is 2. The Balaban J connectivity index is 2.45. The first-order chi connectivity index (χ1) is 8.09. The van der Waals surface area contributed by atoms with E-state index in [4.69, 9.17) is 0 Å². The van der Waals surface area contributed by atoms with E-state index in [0.717, 1.165) is 18.2 Å². The van der Waals surface area contributed by atoms with E-state index in [-0.39, 0.29) is 23.8 Å². The lowest BCUT2D eigenvalue weighted by atomic mass is 10.2. The maximum atomic E-state index is 13.1. The number of hydrogen-bond acceptors (Lipinski definition) is 4. The summed E-state index contributed by atoms with van der Waals surface area (Å²) >= 11 is 0. The van der Waals surface area contributed by atoms with Crippen LogP contribution in [0.2, 0.25) is 0 Å². The van der Waals surface area contributed by atoms with Gasteiger partial charge in [-0.25, -0.2) is 4.39 Å². The number of nitrogens with zero attached hydrogens (tertiary/aromatic N) is 2. The highest BCUT2D eigenvalue weighted by Gasteiger charge is 2.26. The predicted molar refractivity (Wildman–Crippen MR) is 58.3 cm³/mol. The molecule has 1 fully saturated rings. The highest BCUT2D eigenvalue weighted by molar-refractivity contribution is 5.97. The standard InChI is InChI=1S/C10H10FN3O3/c11-7-1-2-8(14(16)17)9(5-7)13-4-3-12-6-10(13)15/h1-2,5,12H,3-4,6H2. The zero-order valence-electron chi connectivity index (χ0n) is 8.85. The predicted octanol–water partition coefficient (Wildman–Crippen LogP) is 0.670. The minimum Gasteiger partial charge on any atom is -0.307 e. The molecule has 0 aliphatic carbocycles. The highest BCUT2D eigenvalue weighted by Crippen LogP contribution is 2.29. The molecular weight excluding hydrogens is 229 g/mol. The molecule has 0 radical (unpaired) electrons. The normalized spacial score (nSPS) is 16.1. The minimum absolute atomic E-state index is 0.0153. The molecule has 1 aromatic rings. The van der Waals surface area contributed by atoms with Crippen molar-refractivity contribution in [1.29, 1.82) is 0 Å². The van der Waals surface area contributed by atoms with E-state index in [2.05, 4.69) is 5.32 Å². The van der Waals surface area contributed by atoms with E-state index in [1.807, 2.05) is 0 Å². The maximum absolute atomic E-state index is 13.1. The summed E-state index contributed by atoms with van der Waals surface area (Å²) in [4.78, 5) is 23.0. The molecule has 1 amide bonds. The summed E-state index contributed by atoms with van der Waals surface area (Å²) in [7, 11) is 0. The van der Waals surface area contributed by atoms with E-state index in [0.29, 0.717) is 13.1 Å². The van der Waals surface area contributed by atoms with Crippen molar-refractivity contribution < 1.29 is 14.1 Å². The molecule has 0 atom stereocenters. The van der Waals surface area contributed by atoms with Gasteiger partial charge in [-0.3, -0.25) is 14.9 Å². The number of amides is 1. The van der Waals surface area contributed by atoms with E-state index in [1.165, 1.54) is 4.90 Å². The summed E-state index contributed by atoms with van der Waals surface area (Å²) in [6.45, 7) is 0.927. The van der Waals surface area contributed by atoms with Crippen LogP contribution in [0.15, 0.2) is 18.2 Å². The molecule has 7 heteroatoms. The van der Waals surface area contributed by atoms with Crippen LogP contribution < -0.4 is 10.2 Å². The molecule has 2 rings (SSSR count). The molecule has 1 aliphatic rings. The number of carbonyl (C=O) groups is 1. The van der Waals surface area contributed by atoms with Crippen LogP contribution in [0, 0.1) is 15.9 Å². The number of benzene rings is 1. The van der Waals surface area contributed by atoms with Gasteiger partial charge in [0.2, 0.25) is 5.91 Å². The van der Waals surface area contributed by atoms with Gasteiger partial charge in [0.1, 0.15) is 11.5 Å². The summed E-state index contributed by atoms with van der Waals surface area (Å²) in [5.74, 6) is -0.901. The number of anilines is 1. The van der Waals surface area contributed by atoms with Crippen molar-refractivity contribution in [3.05, 3.63) is 34.1 Å². The Hall–Kier alpha value is -2.02. The van der Waals surface area contributed by atoms with Gasteiger partial charge in [-0.15, -0.1) is 0 Å². The maximum Gasteiger partial charge on any atom is 0.293 e. The summed E-state index contributed by atoms with van der Waals surface area (Å²) in [5, 5.41) is 13.7. The Bertz CT molecular complexity index is 478. The molecule has 1 saturated heterocycles. The smallest absolute Gasteiger partial charge is 0.293 e. The third kappa shape index (κ3) is 2.23. The van der Waals surface area contributed by atoms with Crippen molar-refractivity contribution in [3.8, 4) is 0 Å². The number of nitrogens with one attached hydrogen (secondary N) is 1. The Morgan fingerprint density at radius 3 is 2.88 bits per heavy atom. The molecule has 90 valence electrons. The van der Waals surface area contributed by atoms with Gasteiger partial charge < -0.3 is 10.2 Å². The van der Waals surface area contributed by atoms with Gasteiger partial charge in [0.15, 0.2) is 0 Å². The first kappa shape index (κ1) is 11.5. The van der Waals surface area contributed by atoms with Crippen LogP contribution in [0.3, 0.4) is 0 Å². The van der Waals surface area contributed by atoms with Crippen LogP contribution in [0.1, 0.15) is 0 Å². The van der Waals surface area contributed by atoms with Crippen molar-refractivity contribution in [1.82, 2.24) is 5.32 Å². The number of hydrogen-bond donors (Lipinski definition) is 1. The van der Waals surface area contributed by atoms with Gasteiger partial charge >= 0.3 is 0 Å². The molecule has 1 heterocycles. The van der Waals surface area contributed by atoms with Crippen LogP contribution in [0.4, 0.5) is 15.8 Å². The van der Waals surface area contributed by atoms with Gasteiger partial charge in [0.25, 0.3) is 5.69 Å². The fourth-order valence-corrected chi connectivity index (χ4v) is 1.73. The molecular formula is C10H10FN3O3. The molecule has 17 heavy (non-hydrogen) atoms. The molecule has 1 aliphatic heterocycles. The second kappa shape index (κ2) is 4.46. The van der Waals surface area contributed by atoms with Crippen molar-refractivity contribution >= 4 is 17.3 Å². The Morgan fingerprint density at radius 2 is 2.24 bits per heavy atom. The first-order valence-corrected chi connectivity index (χ1v) is 5.04. The summed E-state index contributed by atoms with van der Waals surface area (Å²) < 4.78 is 13.1. The Morgan fingerprint density at radius 1 is 1.47 bits per heavy atom. The fourth-order valence-electron chi connectivity index (χ4n) is 1.73. The molecule has 0 spiro atoms. The van der Waals surface area contributed by atoms with E-state index < -0.39 is 10.7 Å². The van der Waals surface area contributed by atoms with Gasteiger partial charge in [0.05, 0.1) is 11.5 Å². The van der Waals surface area contributed by atoms with Gasteiger partial charge in [0, 0.05) is 25.2 Å². The minimum atomic E-state index is -0.621. The lowest BCUT2D eigenvalue weighted by Gasteiger charge is -2.26. The lowest BCUT2D eigenvalue weighted by Crippen LogP contribution is -2.48. The second-order valence-electron chi connectivity index (χ2n) is 3.61. The number of halogens is 1. The molecule has 0 unspecified atom stereocenters. The van der Waals surface area contributed by atoms with Crippen molar-refractivity contribution in [3.63, 3.8) is 0 Å².